The first-order valence-electron chi connectivity index (χ1n) is 7.05. The number of hydrazine groups is 1. The van der Waals surface area contributed by atoms with Crippen LogP contribution in [0.25, 0.3) is 0 Å². The first kappa shape index (κ1) is 14.3. The average molecular weight is 264 g/mol. The molecule has 2 rings (SSSR count). The second-order valence-corrected chi connectivity index (χ2v) is 5.29. The molecule has 106 valence electrons. The third-order valence-electron chi connectivity index (χ3n) is 3.36. The Balaban J connectivity index is 2.12. The summed E-state index contributed by atoms with van der Waals surface area (Å²) in [7, 11) is 0. The minimum Gasteiger partial charge on any atom is -0.491 e. The van der Waals surface area contributed by atoms with Crippen molar-refractivity contribution >= 4 is 0 Å². The lowest BCUT2D eigenvalue weighted by Gasteiger charge is -2.30. The standard InChI is InChI=1S/C15H24N2O2/c1-11(2)19-13-7-5-6-12(10-13)15(17-16)14-8-3-4-9-18-14/h5-7,10-11,14-15,17H,3-4,8-9,16H2,1-2H3. The van der Waals surface area contributed by atoms with Gasteiger partial charge in [0.15, 0.2) is 0 Å². The van der Waals surface area contributed by atoms with Crippen LogP contribution in [-0.4, -0.2) is 18.8 Å². The van der Waals surface area contributed by atoms with Crippen LogP contribution in [0.4, 0.5) is 0 Å². The molecule has 0 saturated carbocycles. The molecule has 0 radical (unpaired) electrons. The van der Waals surface area contributed by atoms with Crippen molar-refractivity contribution in [3.8, 4) is 5.75 Å². The summed E-state index contributed by atoms with van der Waals surface area (Å²) >= 11 is 0. The van der Waals surface area contributed by atoms with Gasteiger partial charge < -0.3 is 9.47 Å². The maximum absolute atomic E-state index is 5.82. The minimum absolute atomic E-state index is 0.0241. The van der Waals surface area contributed by atoms with E-state index < -0.39 is 0 Å². The van der Waals surface area contributed by atoms with E-state index >= 15 is 0 Å². The van der Waals surface area contributed by atoms with E-state index in [1.807, 2.05) is 32.0 Å². The second-order valence-electron chi connectivity index (χ2n) is 5.29. The Morgan fingerprint density at radius 3 is 2.84 bits per heavy atom. The molecule has 1 saturated heterocycles. The summed E-state index contributed by atoms with van der Waals surface area (Å²) in [6.45, 7) is 4.87. The third kappa shape index (κ3) is 3.93. The Bertz CT molecular complexity index is 389. The summed E-state index contributed by atoms with van der Waals surface area (Å²) in [6, 6.07) is 8.10. The van der Waals surface area contributed by atoms with Crippen molar-refractivity contribution in [1.82, 2.24) is 5.43 Å². The van der Waals surface area contributed by atoms with Crippen LogP contribution in [0.15, 0.2) is 24.3 Å². The van der Waals surface area contributed by atoms with Crippen LogP contribution in [0.2, 0.25) is 0 Å². The van der Waals surface area contributed by atoms with Gasteiger partial charge in [-0.25, -0.2) is 0 Å². The summed E-state index contributed by atoms with van der Waals surface area (Å²) in [4.78, 5) is 0. The molecule has 2 unspecified atom stereocenters. The number of benzene rings is 1. The monoisotopic (exact) mass is 264 g/mol. The van der Waals surface area contributed by atoms with Crippen LogP contribution >= 0.6 is 0 Å². The molecule has 19 heavy (non-hydrogen) atoms. The maximum Gasteiger partial charge on any atom is 0.120 e. The van der Waals surface area contributed by atoms with E-state index in [1.165, 1.54) is 6.42 Å². The summed E-state index contributed by atoms with van der Waals surface area (Å²) in [5.41, 5.74) is 4.01. The zero-order valence-corrected chi connectivity index (χ0v) is 11.8. The molecule has 1 aromatic rings. The molecule has 4 heteroatoms. The average Bonchev–Trinajstić information content (AvgIpc) is 2.40. The van der Waals surface area contributed by atoms with Gasteiger partial charge in [0.1, 0.15) is 5.75 Å². The molecule has 1 aromatic carbocycles. The molecule has 0 aliphatic carbocycles. The Morgan fingerprint density at radius 2 is 2.21 bits per heavy atom. The highest BCUT2D eigenvalue weighted by atomic mass is 16.5. The Kier molecular flexibility index (Phi) is 5.19. The number of nitrogens with one attached hydrogen (secondary N) is 1. The fourth-order valence-corrected chi connectivity index (χ4v) is 2.50. The fraction of sp³-hybridized carbons (Fsp3) is 0.600. The Morgan fingerprint density at radius 1 is 1.37 bits per heavy atom. The number of rotatable bonds is 5. The van der Waals surface area contributed by atoms with Crippen molar-refractivity contribution in [2.24, 2.45) is 5.84 Å². The van der Waals surface area contributed by atoms with Gasteiger partial charge in [0.2, 0.25) is 0 Å². The minimum atomic E-state index is 0.0241. The van der Waals surface area contributed by atoms with Crippen LogP contribution in [0.1, 0.15) is 44.7 Å². The van der Waals surface area contributed by atoms with Crippen LogP contribution in [0, 0.1) is 0 Å². The van der Waals surface area contributed by atoms with Crippen molar-refractivity contribution in [2.45, 2.75) is 51.4 Å². The zero-order valence-electron chi connectivity index (χ0n) is 11.8. The van der Waals surface area contributed by atoms with E-state index in [0.717, 1.165) is 30.8 Å². The normalized spacial score (nSPS) is 21.4. The predicted octanol–water partition coefficient (Wildman–Crippen LogP) is 2.55. The predicted molar refractivity (Wildman–Crippen MR) is 75.9 cm³/mol. The lowest BCUT2D eigenvalue weighted by atomic mass is 9.96. The molecule has 0 bridgehead atoms. The summed E-state index contributed by atoms with van der Waals surface area (Å²) < 4.78 is 11.6. The van der Waals surface area contributed by atoms with Gasteiger partial charge >= 0.3 is 0 Å². The quantitative estimate of drug-likeness (QED) is 0.634. The van der Waals surface area contributed by atoms with Gasteiger partial charge in [0.25, 0.3) is 0 Å². The topological polar surface area (TPSA) is 56.5 Å². The molecule has 2 atom stereocenters. The molecular weight excluding hydrogens is 240 g/mol. The molecule has 1 fully saturated rings. The van der Waals surface area contributed by atoms with Crippen LogP contribution in [0.3, 0.4) is 0 Å². The van der Waals surface area contributed by atoms with Crippen molar-refractivity contribution < 1.29 is 9.47 Å². The highest BCUT2D eigenvalue weighted by Crippen LogP contribution is 2.28. The molecule has 3 N–H and O–H groups in total. The molecule has 0 amide bonds. The van der Waals surface area contributed by atoms with Gasteiger partial charge in [-0.05, 0) is 50.8 Å². The molecule has 0 spiro atoms. The van der Waals surface area contributed by atoms with Gasteiger partial charge in [-0.2, -0.15) is 0 Å². The van der Waals surface area contributed by atoms with Gasteiger partial charge in [0, 0.05) is 6.61 Å². The van der Waals surface area contributed by atoms with Gasteiger partial charge in [-0.3, -0.25) is 11.3 Å². The highest BCUT2D eigenvalue weighted by Gasteiger charge is 2.25. The summed E-state index contributed by atoms with van der Waals surface area (Å²) in [5, 5.41) is 0. The smallest absolute Gasteiger partial charge is 0.120 e. The molecule has 1 aliphatic rings. The van der Waals surface area contributed by atoms with E-state index in [0.29, 0.717) is 0 Å². The second kappa shape index (κ2) is 6.89. The van der Waals surface area contributed by atoms with Gasteiger partial charge in [-0.15, -0.1) is 0 Å². The summed E-state index contributed by atoms with van der Waals surface area (Å²) in [6.07, 6.45) is 3.71. The van der Waals surface area contributed by atoms with E-state index in [1.54, 1.807) is 0 Å². The molecule has 4 nitrogen and oxygen atoms in total. The van der Waals surface area contributed by atoms with Crippen LogP contribution < -0.4 is 16.0 Å². The zero-order chi connectivity index (χ0) is 13.7. The van der Waals surface area contributed by atoms with Gasteiger partial charge in [0.05, 0.1) is 18.2 Å². The fourth-order valence-electron chi connectivity index (χ4n) is 2.50. The maximum atomic E-state index is 5.82. The number of hydrogen-bond acceptors (Lipinski definition) is 4. The first-order chi connectivity index (χ1) is 9.20. The first-order valence-corrected chi connectivity index (χ1v) is 7.05. The van der Waals surface area contributed by atoms with Crippen LogP contribution in [-0.2, 0) is 4.74 Å². The number of hydrogen-bond donors (Lipinski definition) is 2. The van der Waals surface area contributed by atoms with E-state index in [9.17, 15) is 0 Å². The number of nitrogens with two attached hydrogens (primary N) is 1. The summed E-state index contributed by atoms with van der Waals surface area (Å²) in [5.74, 6) is 6.59. The largest absolute Gasteiger partial charge is 0.491 e. The van der Waals surface area contributed by atoms with Crippen molar-refractivity contribution in [2.75, 3.05) is 6.61 Å². The Hall–Kier alpha value is -1.10. The van der Waals surface area contributed by atoms with Crippen molar-refractivity contribution in [1.29, 1.82) is 0 Å². The lowest BCUT2D eigenvalue weighted by Crippen LogP contribution is -2.39. The van der Waals surface area contributed by atoms with E-state index in [2.05, 4.69) is 11.5 Å². The van der Waals surface area contributed by atoms with Gasteiger partial charge in [-0.1, -0.05) is 12.1 Å². The lowest BCUT2D eigenvalue weighted by molar-refractivity contribution is -0.00826. The molecular formula is C15H24N2O2. The van der Waals surface area contributed by atoms with E-state index in [-0.39, 0.29) is 18.2 Å². The Labute approximate surface area is 115 Å². The SMILES string of the molecule is CC(C)Oc1cccc(C(NN)C2CCCCO2)c1. The molecule has 1 heterocycles. The number of ether oxygens (including phenoxy) is 2. The molecule has 1 aliphatic heterocycles. The molecule has 0 aromatic heterocycles. The highest BCUT2D eigenvalue weighted by molar-refractivity contribution is 5.31. The van der Waals surface area contributed by atoms with Crippen molar-refractivity contribution in [3.05, 3.63) is 29.8 Å². The van der Waals surface area contributed by atoms with Crippen LogP contribution in [0.5, 0.6) is 5.75 Å². The van der Waals surface area contributed by atoms with Crippen molar-refractivity contribution in [3.63, 3.8) is 0 Å². The van der Waals surface area contributed by atoms with E-state index in [4.69, 9.17) is 15.3 Å². The third-order valence-corrected chi connectivity index (χ3v) is 3.36.